The number of fused-ring (bicyclic) bond motifs is 2. The largest absolute Gasteiger partial charge is 4.00 e. The van der Waals surface area contributed by atoms with Crippen molar-refractivity contribution in [2.75, 3.05) is 0 Å². The van der Waals surface area contributed by atoms with Crippen molar-refractivity contribution in [3.05, 3.63) is 81.9 Å². The fourth-order valence-electron chi connectivity index (χ4n) is 4.99. The van der Waals surface area contributed by atoms with E-state index in [1.54, 1.807) is 0 Å². The Balaban J connectivity index is 0. The predicted molar refractivity (Wildman–Crippen MR) is 164 cm³/mol. The van der Waals surface area contributed by atoms with Crippen molar-refractivity contribution in [1.29, 1.82) is 0 Å². The Hall–Kier alpha value is -0.660. The van der Waals surface area contributed by atoms with Gasteiger partial charge in [-0.2, -0.15) is 12.1 Å². The monoisotopic (exact) mass is 645 g/mol. The minimum atomic E-state index is 0. The zero-order valence-electron chi connectivity index (χ0n) is 25.8. The maximum atomic E-state index is 2.33. The first-order valence-corrected chi connectivity index (χ1v) is 15.9. The Bertz CT molecular complexity index is 1040. The van der Waals surface area contributed by atoms with Crippen molar-refractivity contribution in [3.63, 3.8) is 0 Å². The normalized spacial score (nSPS) is 10.5. The third-order valence-electron chi connectivity index (χ3n) is 6.69. The fourth-order valence-corrected chi connectivity index (χ4v) is 4.99. The van der Waals surface area contributed by atoms with Crippen LogP contribution in [0.1, 0.15) is 112 Å². The van der Waals surface area contributed by atoms with Gasteiger partial charge in [-0.05, 0) is 11.8 Å². The van der Waals surface area contributed by atoms with Gasteiger partial charge in [-0.15, -0.1) is 68.1 Å². The molecule has 4 aromatic carbocycles. The van der Waals surface area contributed by atoms with Gasteiger partial charge in [0.1, 0.15) is 0 Å². The van der Waals surface area contributed by atoms with Crippen LogP contribution in [-0.2, 0) is 26.2 Å². The molecule has 0 unspecified atom stereocenters. The summed E-state index contributed by atoms with van der Waals surface area (Å²) in [5.74, 6) is 2.41. The standard InChI is InChI=1S/2C16H21.C2H7Si.2ClH.Zr/c2*1-10(2)13-6-7-14(11(3)4)16-9-12(5)8-15(13)16;1-3-2;;;/h2*6-11H,1-5H3;3H,1-2H3;2*1H;/q2*-1;;;;+4/p-2. The first-order chi connectivity index (χ1) is 16.4. The van der Waals surface area contributed by atoms with Crippen LogP contribution < -0.4 is 24.8 Å². The van der Waals surface area contributed by atoms with Gasteiger partial charge in [-0.25, -0.2) is 0 Å². The second-order valence-electron chi connectivity index (χ2n) is 11.4. The van der Waals surface area contributed by atoms with E-state index in [9.17, 15) is 0 Å². The first-order valence-electron chi connectivity index (χ1n) is 13.6. The Labute approximate surface area is 268 Å². The average Bonchev–Trinajstić information content (AvgIpc) is 3.33. The summed E-state index contributed by atoms with van der Waals surface area (Å²) in [7, 11) is 0.750. The Kier molecular flexibility index (Phi) is 18.6. The number of hydrogen-bond donors (Lipinski definition) is 0. The molecule has 0 amide bonds. The predicted octanol–water partition coefficient (Wildman–Crippen LogP) is 4.75. The molecule has 0 nitrogen and oxygen atoms in total. The molecule has 0 bridgehead atoms. The van der Waals surface area contributed by atoms with Gasteiger partial charge in [-0.3, -0.25) is 0 Å². The molecule has 0 aliphatic heterocycles. The molecule has 207 valence electrons. The van der Waals surface area contributed by atoms with Crippen LogP contribution in [0.15, 0.2) is 48.5 Å². The summed E-state index contributed by atoms with van der Waals surface area (Å²) in [5.41, 5.74) is 8.68. The van der Waals surface area contributed by atoms with Crippen LogP contribution in [0.5, 0.6) is 0 Å². The molecule has 0 saturated carbocycles. The van der Waals surface area contributed by atoms with E-state index in [4.69, 9.17) is 0 Å². The van der Waals surface area contributed by atoms with E-state index in [0.29, 0.717) is 23.7 Å². The van der Waals surface area contributed by atoms with Gasteiger partial charge in [0.15, 0.2) is 0 Å². The molecule has 0 aliphatic rings. The van der Waals surface area contributed by atoms with Gasteiger partial charge < -0.3 is 24.8 Å². The summed E-state index contributed by atoms with van der Waals surface area (Å²) < 4.78 is 0. The number of rotatable bonds is 4. The Morgan fingerprint density at radius 2 is 0.763 bits per heavy atom. The molecule has 0 saturated heterocycles. The summed E-state index contributed by atoms with van der Waals surface area (Å²) in [5, 5.41) is 5.83. The van der Waals surface area contributed by atoms with E-state index >= 15 is 0 Å². The van der Waals surface area contributed by atoms with Gasteiger partial charge >= 0.3 is 26.2 Å². The molecule has 4 heteroatoms. The van der Waals surface area contributed by atoms with Crippen molar-refractivity contribution in [3.8, 4) is 0 Å². The first kappa shape index (κ1) is 39.5. The van der Waals surface area contributed by atoms with Crippen LogP contribution in [0.25, 0.3) is 21.5 Å². The number of halogens is 2. The van der Waals surface area contributed by atoms with Crippen LogP contribution in [0, 0.1) is 13.8 Å². The second kappa shape index (κ2) is 17.9. The van der Waals surface area contributed by atoms with Gasteiger partial charge in [0.25, 0.3) is 0 Å². The molecule has 0 spiro atoms. The van der Waals surface area contributed by atoms with Crippen LogP contribution in [0.2, 0.25) is 13.1 Å². The summed E-state index contributed by atoms with van der Waals surface area (Å²) in [4.78, 5) is 0. The molecule has 0 atom stereocenters. The minimum Gasteiger partial charge on any atom is -1.00 e. The molecular weight excluding hydrogens is 599 g/mol. The number of benzene rings is 2. The third kappa shape index (κ3) is 9.76. The van der Waals surface area contributed by atoms with Gasteiger partial charge in [0, 0.05) is 9.52 Å². The summed E-state index contributed by atoms with van der Waals surface area (Å²) >= 11 is 0. The zero-order chi connectivity index (χ0) is 26.4. The van der Waals surface area contributed by atoms with Crippen LogP contribution >= 0.6 is 0 Å². The van der Waals surface area contributed by atoms with Crippen molar-refractivity contribution < 1.29 is 51.0 Å². The van der Waals surface area contributed by atoms with E-state index in [1.807, 2.05) is 0 Å². The molecule has 0 aliphatic carbocycles. The maximum Gasteiger partial charge on any atom is 4.00 e. The molecule has 38 heavy (non-hydrogen) atoms. The topological polar surface area (TPSA) is 0 Å². The van der Waals surface area contributed by atoms with Crippen LogP contribution in [0.4, 0.5) is 0 Å². The molecule has 1 radical (unpaired) electrons. The fraction of sp³-hybridized carbons (Fsp3) is 0.471. The van der Waals surface area contributed by atoms with Crippen LogP contribution in [0.3, 0.4) is 0 Å². The van der Waals surface area contributed by atoms with E-state index < -0.39 is 0 Å². The maximum absolute atomic E-state index is 2.33. The summed E-state index contributed by atoms with van der Waals surface area (Å²) in [6.07, 6.45) is 0. The number of aryl methyl sites for hydroxylation is 2. The zero-order valence-corrected chi connectivity index (χ0v) is 30.9. The molecule has 4 aromatic rings. The number of hydrogen-bond acceptors (Lipinski definition) is 0. The Morgan fingerprint density at radius 1 is 0.526 bits per heavy atom. The Morgan fingerprint density at radius 3 is 1.00 bits per heavy atom. The van der Waals surface area contributed by atoms with Gasteiger partial charge in [0.2, 0.25) is 0 Å². The van der Waals surface area contributed by atoms with E-state index in [1.165, 1.54) is 54.9 Å². The SMILES string of the molecule is C[SiH]C.Cc1cc2c(C(C)C)ccc(C(C)C)c2[cH-]1.Cc1cc2c(C(C)C)ccc(C(C)C)c2[cH-]1.[Cl-].[Cl-].[Zr+4]. The molecule has 0 heterocycles. The molecule has 0 N–H and O–H groups in total. The quantitative estimate of drug-likeness (QED) is 0.222. The van der Waals surface area contributed by atoms with Crippen molar-refractivity contribution in [2.24, 2.45) is 0 Å². The second-order valence-corrected chi connectivity index (χ2v) is 12.6. The molecule has 0 fully saturated rings. The van der Waals surface area contributed by atoms with Crippen molar-refractivity contribution >= 4 is 31.1 Å². The molecule has 4 rings (SSSR count). The van der Waals surface area contributed by atoms with Crippen LogP contribution in [-0.4, -0.2) is 9.52 Å². The van der Waals surface area contributed by atoms with Gasteiger partial charge in [-0.1, -0.05) is 117 Å². The third-order valence-corrected chi connectivity index (χ3v) is 6.69. The average molecular weight is 648 g/mol. The molecular formula is C34H49Cl2SiZr. The van der Waals surface area contributed by atoms with Crippen molar-refractivity contribution in [1.82, 2.24) is 0 Å². The van der Waals surface area contributed by atoms with Gasteiger partial charge in [0.05, 0.1) is 0 Å². The minimum absolute atomic E-state index is 0. The summed E-state index contributed by atoms with van der Waals surface area (Å²) in [6.45, 7) is 27.0. The smallest absolute Gasteiger partial charge is 1.00 e. The molecule has 0 aromatic heterocycles. The van der Waals surface area contributed by atoms with E-state index in [2.05, 4.69) is 131 Å². The van der Waals surface area contributed by atoms with E-state index in [0.717, 1.165) is 9.52 Å². The summed E-state index contributed by atoms with van der Waals surface area (Å²) in [6, 6.07) is 18.5. The van der Waals surface area contributed by atoms with Crippen molar-refractivity contribution in [2.45, 2.75) is 106 Å². The van der Waals surface area contributed by atoms with E-state index in [-0.39, 0.29) is 51.0 Å².